The molecule has 8 nitrogen and oxygen atoms in total. The van der Waals surface area contributed by atoms with Crippen LogP contribution in [0.3, 0.4) is 0 Å². The largest absolute Gasteiger partial charge is 0.339 e. The van der Waals surface area contributed by atoms with Crippen molar-refractivity contribution < 1.29 is 22.4 Å². The fourth-order valence-electron chi connectivity index (χ4n) is 3.94. The molecule has 2 amide bonds. The van der Waals surface area contributed by atoms with Crippen LogP contribution in [0.5, 0.6) is 0 Å². The second-order valence-corrected chi connectivity index (χ2v) is 9.81. The summed E-state index contributed by atoms with van der Waals surface area (Å²) in [4.78, 5) is 31.2. The molecule has 2 heterocycles. The first-order chi connectivity index (χ1) is 15.8. The highest BCUT2D eigenvalue weighted by molar-refractivity contribution is 7.90. The second kappa shape index (κ2) is 9.70. The lowest BCUT2D eigenvalue weighted by Gasteiger charge is -2.31. The average molecular weight is 473 g/mol. The van der Waals surface area contributed by atoms with Crippen LogP contribution >= 0.6 is 0 Å². The van der Waals surface area contributed by atoms with Gasteiger partial charge in [-0.1, -0.05) is 6.07 Å². The minimum absolute atomic E-state index is 0.0506. The Balaban J connectivity index is 1.34. The van der Waals surface area contributed by atoms with Gasteiger partial charge in [0.05, 0.1) is 4.90 Å². The Hall–Kier alpha value is -3.27. The molecule has 0 spiro atoms. The molecular weight excluding hydrogens is 447 g/mol. The number of hydrogen-bond donors (Lipinski definition) is 2. The summed E-state index contributed by atoms with van der Waals surface area (Å²) in [7, 11) is -3.77. The number of amides is 2. The van der Waals surface area contributed by atoms with Crippen molar-refractivity contribution in [2.75, 3.05) is 25.0 Å². The predicted molar refractivity (Wildman–Crippen MR) is 122 cm³/mol. The summed E-state index contributed by atoms with van der Waals surface area (Å²) < 4.78 is 40.8. The van der Waals surface area contributed by atoms with E-state index in [2.05, 4.69) is 15.0 Å². The summed E-state index contributed by atoms with van der Waals surface area (Å²) in [6, 6.07) is 11.5. The highest BCUT2D eigenvalue weighted by atomic mass is 32.2. The van der Waals surface area contributed by atoms with Crippen molar-refractivity contribution in [2.24, 2.45) is 10.9 Å². The van der Waals surface area contributed by atoms with E-state index >= 15 is 0 Å². The minimum Gasteiger partial charge on any atom is -0.339 e. The number of aliphatic imine (C=N–C) groups is 1. The fraction of sp³-hybridized carbons (Fsp3) is 0.348. The number of piperidine rings is 1. The number of carbonyl (C=O) groups is 2. The van der Waals surface area contributed by atoms with Gasteiger partial charge in [0.15, 0.2) is 0 Å². The number of halogens is 1. The van der Waals surface area contributed by atoms with E-state index in [0.717, 1.165) is 6.42 Å². The van der Waals surface area contributed by atoms with Crippen LogP contribution < -0.4 is 10.0 Å². The summed E-state index contributed by atoms with van der Waals surface area (Å²) in [5, 5.41) is 2.79. The maximum absolute atomic E-state index is 13.1. The minimum atomic E-state index is -3.77. The van der Waals surface area contributed by atoms with Gasteiger partial charge in [0, 0.05) is 43.2 Å². The van der Waals surface area contributed by atoms with Gasteiger partial charge in [-0.2, -0.15) is 0 Å². The Bertz CT molecular complexity index is 1170. The molecule has 2 aromatic rings. The Morgan fingerprint density at radius 3 is 2.45 bits per heavy atom. The summed E-state index contributed by atoms with van der Waals surface area (Å²) in [5.41, 5.74) is 0.801. The monoisotopic (exact) mass is 472 g/mol. The molecule has 0 atom stereocenters. The van der Waals surface area contributed by atoms with E-state index in [1.54, 1.807) is 17.0 Å². The van der Waals surface area contributed by atoms with Gasteiger partial charge in [-0.15, -0.1) is 0 Å². The molecule has 2 aromatic carbocycles. The summed E-state index contributed by atoms with van der Waals surface area (Å²) in [6.45, 7) is 1.44. The van der Waals surface area contributed by atoms with E-state index in [1.807, 2.05) is 0 Å². The number of rotatable bonds is 5. The Morgan fingerprint density at radius 2 is 1.79 bits per heavy atom. The molecule has 2 aliphatic rings. The topological polar surface area (TPSA) is 108 Å². The van der Waals surface area contributed by atoms with Gasteiger partial charge in [-0.05, 0) is 61.7 Å². The third-order valence-corrected chi connectivity index (χ3v) is 7.16. The number of sulfonamides is 1. The zero-order chi connectivity index (χ0) is 23.4. The van der Waals surface area contributed by atoms with Crippen LogP contribution in [0.1, 0.15) is 36.0 Å². The van der Waals surface area contributed by atoms with E-state index in [4.69, 9.17) is 0 Å². The molecule has 0 unspecified atom stereocenters. The fourth-order valence-corrected chi connectivity index (χ4v) is 5.08. The standard InChI is InChI=1S/C23H25FN4O4S/c24-18-8-6-17(7-9-18)23(30)28-13-10-16(11-14-28)22(29)26-19-3-1-4-20(15-19)33(31,32)27-21-5-2-12-25-21/h1,3-4,6-9,15-16H,2,5,10-14H2,(H,25,27)(H,26,29). The smallest absolute Gasteiger partial charge is 0.262 e. The molecule has 0 saturated carbocycles. The highest BCUT2D eigenvalue weighted by Crippen LogP contribution is 2.22. The molecule has 0 aromatic heterocycles. The Morgan fingerprint density at radius 1 is 1.06 bits per heavy atom. The average Bonchev–Trinajstić information content (AvgIpc) is 3.32. The van der Waals surface area contributed by atoms with Crippen LogP contribution in [0, 0.1) is 11.7 Å². The number of benzene rings is 2. The van der Waals surface area contributed by atoms with E-state index in [0.29, 0.717) is 56.0 Å². The van der Waals surface area contributed by atoms with Gasteiger partial charge < -0.3 is 10.2 Å². The predicted octanol–water partition coefficient (Wildman–Crippen LogP) is 2.79. The zero-order valence-electron chi connectivity index (χ0n) is 18.0. The van der Waals surface area contributed by atoms with Crippen molar-refractivity contribution in [3.8, 4) is 0 Å². The second-order valence-electron chi connectivity index (χ2n) is 8.13. The lowest BCUT2D eigenvalue weighted by molar-refractivity contribution is -0.121. The number of anilines is 1. The first-order valence-corrected chi connectivity index (χ1v) is 12.3. The van der Waals surface area contributed by atoms with E-state index in [-0.39, 0.29) is 22.6 Å². The maximum Gasteiger partial charge on any atom is 0.262 e. The lowest BCUT2D eigenvalue weighted by Crippen LogP contribution is -2.41. The molecular formula is C23H25FN4O4S. The van der Waals surface area contributed by atoms with Crippen molar-refractivity contribution in [1.29, 1.82) is 0 Å². The Kier molecular flexibility index (Phi) is 6.73. The van der Waals surface area contributed by atoms with E-state index in [1.165, 1.54) is 36.4 Å². The first kappa shape index (κ1) is 22.9. The number of hydrogen-bond acceptors (Lipinski definition) is 5. The van der Waals surface area contributed by atoms with Gasteiger partial charge in [-0.25, -0.2) is 12.8 Å². The van der Waals surface area contributed by atoms with Crippen molar-refractivity contribution in [3.05, 3.63) is 59.9 Å². The molecule has 174 valence electrons. The third-order valence-electron chi connectivity index (χ3n) is 5.78. The number of nitrogens with zero attached hydrogens (tertiary/aromatic N) is 2. The van der Waals surface area contributed by atoms with E-state index in [9.17, 15) is 22.4 Å². The molecule has 33 heavy (non-hydrogen) atoms. The summed E-state index contributed by atoms with van der Waals surface area (Å²) in [5.74, 6) is -0.653. The van der Waals surface area contributed by atoms with E-state index < -0.39 is 15.8 Å². The van der Waals surface area contributed by atoms with Gasteiger partial charge in [0.2, 0.25) is 5.91 Å². The van der Waals surface area contributed by atoms with Crippen LogP contribution in [0.4, 0.5) is 10.1 Å². The lowest BCUT2D eigenvalue weighted by atomic mass is 9.95. The van der Waals surface area contributed by atoms with Gasteiger partial charge in [0.1, 0.15) is 11.7 Å². The number of nitrogens with one attached hydrogen (secondary N) is 2. The summed E-state index contributed by atoms with van der Waals surface area (Å²) >= 11 is 0. The molecule has 0 radical (unpaired) electrons. The maximum atomic E-state index is 13.1. The van der Waals surface area contributed by atoms with Crippen molar-refractivity contribution in [1.82, 2.24) is 9.62 Å². The molecule has 1 saturated heterocycles. The third kappa shape index (κ3) is 5.57. The van der Waals surface area contributed by atoms with Crippen LogP contribution in [0.25, 0.3) is 0 Å². The SMILES string of the molecule is O=C(Nc1cccc(S(=O)(=O)NC2=NCCC2)c1)C1CCN(C(=O)c2ccc(F)cc2)CC1. The van der Waals surface area contributed by atoms with Crippen LogP contribution in [0.15, 0.2) is 58.4 Å². The van der Waals surface area contributed by atoms with Gasteiger partial charge in [-0.3, -0.25) is 19.3 Å². The summed E-state index contributed by atoms with van der Waals surface area (Å²) in [6.07, 6.45) is 2.39. The van der Waals surface area contributed by atoms with Gasteiger partial charge in [0.25, 0.3) is 15.9 Å². The van der Waals surface area contributed by atoms with Gasteiger partial charge >= 0.3 is 0 Å². The van der Waals surface area contributed by atoms with Crippen molar-refractivity contribution in [2.45, 2.75) is 30.6 Å². The molecule has 2 N–H and O–H groups in total. The number of amidine groups is 1. The normalized spacial score (nSPS) is 16.9. The molecule has 10 heteroatoms. The van der Waals surface area contributed by atoms with Crippen molar-refractivity contribution >= 4 is 33.4 Å². The van der Waals surface area contributed by atoms with Crippen LogP contribution in [0.2, 0.25) is 0 Å². The highest BCUT2D eigenvalue weighted by Gasteiger charge is 2.28. The molecule has 4 rings (SSSR count). The number of carbonyl (C=O) groups excluding carboxylic acids is 2. The van der Waals surface area contributed by atoms with Crippen LogP contribution in [-0.2, 0) is 14.8 Å². The molecule has 0 aliphatic carbocycles. The number of likely N-dealkylation sites (tertiary alicyclic amines) is 1. The van der Waals surface area contributed by atoms with Crippen molar-refractivity contribution in [3.63, 3.8) is 0 Å². The molecule has 0 bridgehead atoms. The molecule has 1 fully saturated rings. The zero-order valence-corrected chi connectivity index (χ0v) is 18.8. The van der Waals surface area contributed by atoms with Crippen LogP contribution in [-0.4, -0.2) is 50.6 Å². The first-order valence-electron chi connectivity index (χ1n) is 10.8. The molecule has 2 aliphatic heterocycles. The Labute approximate surface area is 191 Å². The quantitative estimate of drug-likeness (QED) is 0.698.